The van der Waals surface area contributed by atoms with Crippen molar-refractivity contribution in [1.29, 1.82) is 0 Å². The van der Waals surface area contributed by atoms with Gasteiger partial charge in [-0.2, -0.15) is 8.78 Å². The maximum atomic E-state index is 13.0. The van der Waals surface area contributed by atoms with E-state index in [0.717, 1.165) is 11.9 Å². The highest BCUT2D eigenvalue weighted by Gasteiger charge is 2.52. The fraction of sp³-hybridized carbons (Fsp3) is 0.917. The summed E-state index contributed by atoms with van der Waals surface area (Å²) in [6.45, 7) is 0.978. The van der Waals surface area contributed by atoms with E-state index < -0.39 is 30.1 Å². The van der Waals surface area contributed by atoms with Gasteiger partial charge in [0.1, 0.15) is 0 Å². The van der Waals surface area contributed by atoms with Crippen molar-refractivity contribution in [2.75, 3.05) is 20.3 Å². The van der Waals surface area contributed by atoms with Crippen molar-refractivity contribution >= 4 is 5.91 Å². The second-order valence-electron chi connectivity index (χ2n) is 5.18. The number of carbonyl (C=O) groups excluding carboxylic acids is 1. The normalized spacial score (nSPS) is 23.5. The van der Waals surface area contributed by atoms with Crippen LogP contribution < -0.4 is 0 Å². The third-order valence-corrected chi connectivity index (χ3v) is 3.96. The Bertz CT molecular complexity index is 362. The number of carbonyl (C=O) groups is 1. The quantitative estimate of drug-likeness (QED) is 0.749. The van der Waals surface area contributed by atoms with Crippen LogP contribution in [0.1, 0.15) is 25.7 Å². The van der Waals surface area contributed by atoms with Crippen molar-refractivity contribution in [2.24, 2.45) is 0 Å². The molecule has 1 aliphatic heterocycles. The van der Waals surface area contributed by atoms with E-state index in [0.29, 0.717) is 38.9 Å². The lowest BCUT2D eigenvalue weighted by Gasteiger charge is -2.39. The van der Waals surface area contributed by atoms with Crippen LogP contribution >= 0.6 is 0 Å². The lowest BCUT2D eigenvalue weighted by molar-refractivity contribution is -0.194. The van der Waals surface area contributed by atoms with E-state index in [1.807, 2.05) is 0 Å². The van der Waals surface area contributed by atoms with E-state index in [1.165, 1.54) is 0 Å². The highest BCUT2D eigenvalue weighted by Crippen LogP contribution is 2.38. The van der Waals surface area contributed by atoms with Crippen LogP contribution in [-0.2, 0) is 14.3 Å². The molecule has 0 aromatic carbocycles. The molecule has 0 atom stereocenters. The molecule has 2 aliphatic rings. The van der Waals surface area contributed by atoms with Gasteiger partial charge in [-0.15, -0.1) is 0 Å². The molecule has 1 saturated carbocycles. The predicted molar refractivity (Wildman–Crippen MR) is 60.6 cm³/mol. The molecule has 0 radical (unpaired) electrons. The van der Waals surface area contributed by atoms with Gasteiger partial charge in [0, 0.05) is 25.9 Å². The number of alkyl halides is 4. The Morgan fingerprint density at radius 3 is 2.20 bits per heavy atom. The van der Waals surface area contributed by atoms with E-state index in [4.69, 9.17) is 9.47 Å². The van der Waals surface area contributed by atoms with Gasteiger partial charge in [-0.25, -0.2) is 8.78 Å². The van der Waals surface area contributed by atoms with E-state index in [2.05, 4.69) is 0 Å². The van der Waals surface area contributed by atoms with E-state index in [-0.39, 0.29) is 0 Å². The largest absolute Gasteiger partial charge is 0.383 e. The van der Waals surface area contributed by atoms with Crippen LogP contribution in [0.4, 0.5) is 17.6 Å². The zero-order valence-corrected chi connectivity index (χ0v) is 11.1. The first-order valence-corrected chi connectivity index (χ1v) is 6.50. The standard InChI is InChI=1S/C12H17F4NO3/c1-17(10(18)12(15,16)9(13)14)8-2-4-11(5-3-8)19-6-7-20-11/h8-9H,2-7H2,1H3. The minimum atomic E-state index is -4.63. The zero-order chi connectivity index (χ0) is 15.0. The van der Waals surface area contributed by atoms with Crippen LogP contribution in [-0.4, -0.2) is 55.2 Å². The number of halogens is 4. The average Bonchev–Trinajstić information content (AvgIpc) is 2.86. The van der Waals surface area contributed by atoms with Gasteiger partial charge >= 0.3 is 12.3 Å². The van der Waals surface area contributed by atoms with E-state index in [9.17, 15) is 22.4 Å². The first-order chi connectivity index (χ1) is 9.28. The second kappa shape index (κ2) is 5.48. The number of hydrogen-bond acceptors (Lipinski definition) is 3. The minimum absolute atomic E-state index is 0.390. The number of rotatable bonds is 3. The molecule has 1 aliphatic carbocycles. The maximum absolute atomic E-state index is 13.0. The van der Waals surface area contributed by atoms with Crippen LogP contribution in [0.5, 0.6) is 0 Å². The van der Waals surface area contributed by atoms with E-state index >= 15 is 0 Å². The van der Waals surface area contributed by atoms with Crippen molar-refractivity contribution in [3.05, 3.63) is 0 Å². The van der Waals surface area contributed by atoms with Crippen LogP contribution in [0, 0.1) is 0 Å². The lowest BCUT2D eigenvalue weighted by Crippen LogP contribution is -2.52. The molecule has 2 rings (SSSR count). The highest BCUT2D eigenvalue weighted by atomic mass is 19.3. The Morgan fingerprint density at radius 2 is 1.75 bits per heavy atom. The monoisotopic (exact) mass is 299 g/mol. The Labute approximate surface area is 114 Å². The van der Waals surface area contributed by atoms with Gasteiger partial charge in [0.15, 0.2) is 5.79 Å². The minimum Gasteiger partial charge on any atom is -0.348 e. The van der Waals surface area contributed by atoms with Crippen molar-refractivity contribution in [2.45, 2.75) is 49.9 Å². The SMILES string of the molecule is CN(C(=O)C(F)(F)C(F)F)C1CCC2(CC1)OCCO2. The summed E-state index contributed by atoms with van der Waals surface area (Å²) in [6, 6.07) is -0.495. The summed E-state index contributed by atoms with van der Waals surface area (Å²) in [5.41, 5.74) is 0. The van der Waals surface area contributed by atoms with Crippen molar-refractivity contribution in [3.63, 3.8) is 0 Å². The number of ether oxygens (including phenoxy) is 2. The number of amides is 1. The molecule has 2 fully saturated rings. The molecule has 0 bridgehead atoms. The van der Waals surface area contributed by atoms with Gasteiger partial charge in [0.2, 0.25) is 0 Å². The van der Waals surface area contributed by atoms with Crippen LogP contribution in [0.15, 0.2) is 0 Å². The van der Waals surface area contributed by atoms with Gasteiger partial charge in [-0.3, -0.25) is 4.79 Å². The molecule has 0 unspecified atom stereocenters. The predicted octanol–water partition coefficient (Wildman–Crippen LogP) is 2.03. The first-order valence-electron chi connectivity index (χ1n) is 6.50. The molecular formula is C12H17F4NO3. The number of nitrogens with zero attached hydrogens (tertiary/aromatic N) is 1. The van der Waals surface area contributed by atoms with Crippen molar-refractivity contribution in [3.8, 4) is 0 Å². The molecule has 1 heterocycles. The van der Waals surface area contributed by atoms with Crippen molar-refractivity contribution in [1.82, 2.24) is 4.90 Å². The molecule has 20 heavy (non-hydrogen) atoms. The van der Waals surface area contributed by atoms with Gasteiger partial charge in [0.05, 0.1) is 13.2 Å². The van der Waals surface area contributed by atoms with Gasteiger partial charge < -0.3 is 14.4 Å². The van der Waals surface area contributed by atoms with Crippen LogP contribution in [0.3, 0.4) is 0 Å². The Morgan fingerprint density at radius 1 is 1.25 bits per heavy atom. The van der Waals surface area contributed by atoms with Gasteiger partial charge in [-0.1, -0.05) is 0 Å². The Kier molecular flexibility index (Phi) is 4.24. The van der Waals surface area contributed by atoms with Gasteiger partial charge in [0.25, 0.3) is 5.91 Å². The van der Waals surface area contributed by atoms with Crippen molar-refractivity contribution < 1.29 is 31.8 Å². The molecule has 8 heteroatoms. The fourth-order valence-corrected chi connectivity index (χ4v) is 2.71. The highest BCUT2D eigenvalue weighted by molar-refractivity contribution is 5.84. The average molecular weight is 299 g/mol. The number of hydrogen-bond donors (Lipinski definition) is 0. The molecule has 0 N–H and O–H groups in total. The third-order valence-electron chi connectivity index (χ3n) is 3.96. The van der Waals surface area contributed by atoms with Gasteiger partial charge in [-0.05, 0) is 12.8 Å². The fourth-order valence-electron chi connectivity index (χ4n) is 2.71. The van der Waals surface area contributed by atoms with Crippen LogP contribution in [0.2, 0.25) is 0 Å². The molecule has 1 spiro atoms. The molecule has 1 amide bonds. The summed E-state index contributed by atoms with van der Waals surface area (Å²) in [6.07, 6.45) is -2.28. The summed E-state index contributed by atoms with van der Waals surface area (Å²) in [5, 5.41) is 0. The second-order valence-corrected chi connectivity index (χ2v) is 5.18. The topological polar surface area (TPSA) is 38.8 Å². The van der Waals surface area contributed by atoms with Crippen LogP contribution in [0.25, 0.3) is 0 Å². The van der Waals surface area contributed by atoms with E-state index in [1.54, 1.807) is 0 Å². The first kappa shape index (κ1) is 15.5. The summed E-state index contributed by atoms with van der Waals surface area (Å²) < 4.78 is 61.4. The Hall–Kier alpha value is -0.890. The molecule has 0 aromatic heterocycles. The molecule has 4 nitrogen and oxygen atoms in total. The molecule has 1 saturated heterocycles. The Balaban J connectivity index is 1.94. The third kappa shape index (κ3) is 2.76. The summed E-state index contributed by atoms with van der Waals surface area (Å²) in [7, 11) is 1.14. The summed E-state index contributed by atoms with van der Waals surface area (Å²) in [5.74, 6) is -7.14. The maximum Gasteiger partial charge on any atom is 0.383 e. The summed E-state index contributed by atoms with van der Waals surface area (Å²) >= 11 is 0. The smallest absolute Gasteiger partial charge is 0.348 e. The zero-order valence-electron chi connectivity index (χ0n) is 11.1. The molecule has 0 aromatic rings. The molecular weight excluding hydrogens is 282 g/mol. The lowest BCUT2D eigenvalue weighted by atomic mass is 9.89. The molecule has 116 valence electrons. The summed E-state index contributed by atoms with van der Waals surface area (Å²) in [4.78, 5) is 12.2.